The molecular formula is C17H10N2O4. The molecular weight excluding hydrogens is 296 g/mol. The molecule has 0 unspecified atom stereocenters. The van der Waals surface area contributed by atoms with E-state index in [1.165, 1.54) is 18.2 Å². The maximum atomic E-state index is 12.6. The van der Waals surface area contributed by atoms with Crippen LogP contribution in [0.25, 0.3) is 10.9 Å². The Morgan fingerprint density at radius 2 is 1.74 bits per heavy atom. The van der Waals surface area contributed by atoms with Gasteiger partial charge in [0.25, 0.3) is 11.8 Å². The van der Waals surface area contributed by atoms with Crippen molar-refractivity contribution in [1.82, 2.24) is 4.98 Å². The fraction of sp³-hybridized carbons (Fsp3) is 0. The first-order valence-electron chi connectivity index (χ1n) is 6.89. The summed E-state index contributed by atoms with van der Waals surface area (Å²) < 4.78 is 0. The van der Waals surface area contributed by atoms with Crippen LogP contribution in [0.3, 0.4) is 0 Å². The lowest BCUT2D eigenvalue weighted by Crippen LogP contribution is -2.29. The van der Waals surface area contributed by atoms with Crippen molar-refractivity contribution in [3.8, 4) is 0 Å². The number of nitrogens with zero attached hydrogens (tertiary/aromatic N) is 1. The predicted molar refractivity (Wildman–Crippen MR) is 82.8 cm³/mol. The van der Waals surface area contributed by atoms with E-state index in [4.69, 9.17) is 5.11 Å². The standard InChI is InChI=1S/C17H10N2O4/c20-15-12-3-1-10(17(22)23)8-13(12)16(21)19(15)11-2-4-14-9(7-11)5-6-18-14/h1-8,18H,(H,22,23). The van der Waals surface area contributed by atoms with E-state index in [-0.39, 0.29) is 16.7 Å². The molecule has 4 rings (SSSR count). The van der Waals surface area contributed by atoms with Gasteiger partial charge in [-0.25, -0.2) is 9.69 Å². The number of H-pyrrole nitrogens is 1. The summed E-state index contributed by atoms with van der Waals surface area (Å²) in [6.07, 6.45) is 1.77. The summed E-state index contributed by atoms with van der Waals surface area (Å²) in [6.45, 7) is 0. The molecule has 6 heteroatoms. The second-order valence-corrected chi connectivity index (χ2v) is 5.26. The van der Waals surface area contributed by atoms with Crippen LogP contribution in [-0.2, 0) is 0 Å². The van der Waals surface area contributed by atoms with Gasteiger partial charge in [-0.2, -0.15) is 0 Å². The third kappa shape index (κ3) is 1.85. The van der Waals surface area contributed by atoms with Crippen molar-refractivity contribution in [2.24, 2.45) is 0 Å². The number of carbonyl (C=O) groups is 3. The number of rotatable bonds is 2. The van der Waals surface area contributed by atoms with Crippen molar-refractivity contribution in [1.29, 1.82) is 0 Å². The highest BCUT2D eigenvalue weighted by Crippen LogP contribution is 2.30. The third-order valence-corrected chi connectivity index (χ3v) is 3.93. The number of aromatic amines is 1. The lowest BCUT2D eigenvalue weighted by molar-refractivity contribution is 0.0696. The number of fused-ring (bicyclic) bond motifs is 2. The number of amides is 2. The second-order valence-electron chi connectivity index (χ2n) is 5.26. The zero-order chi connectivity index (χ0) is 16.1. The monoisotopic (exact) mass is 306 g/mol. The Labute approximate surface area is 130 Å². The zero-order valence-corrected chi connectivity index (χ0v) is 11.7. The molecule has 1 aliphatic heterocycles. The molecule has 2 aromatic carbocycles. The van der Waals surface area contributed by atoms with E-state index in [2.05, 4.69) is 4.98 Å². The van der Waals surface area contributed by atoms with Crippen LogP contribution in [0.15, 0.2) is 48.7 Å². The van der Waals surface area contributed by atoms with Crippen LogP contribution in [0.5, 0.6) is 0 Å². The van der Waals surface area contributed by atoms with Gasteiger partial charge >= 0.3 is 5.97 Å². The highest BCUT2D eigenvalue weighted by atomic mass is 16.4. The van der Waals surface area contributed by atoms with Gasteiger partial charge in [0.1, 0.15) is 0 Å². The molecule has 2 amide bonds. The van der Waals surface area contributed by atoms with Crippen molar-refractivity contribution >= 4 is 34.4 Å². The van der Waals surface area contributed by atoms with Gasteiger partial charge in [0.05, 0.1) is 22.4 Å². The van der Waals surface area contributed by atoms with Crippen molar-refractivity contribution < 1.29 is 19.5 Å². The highest BCUT2D eigenvalue weighted by molar-refractivity contribution is 6.34. The van der Waals surface area contributed by atoms with E-state index in [1.54, 1.807) is 24.4 Å². The molecule has 0 bridgehead atoms. The first-order chi connectivity index (χ1) is 11.1. The first kappa shape index (κ1) is 13.3. The third-order valence-electron chi connectivity index (χ3n) is 3.93. The van der Waals surface area contributed by atoms with E-state index < -0.39 is 17.8 Å². The maximum Gasteiger partial charge on any atom is 0.335 e. The normalized spacial score (nSPS) is 13.7. The molecule has 1 aliphatic rings. The van der Waals surface area contributed by atoms with E-state index in [0.29, 0.717) is 5.69 Å². The molecule has 0 aliphatic carbocycles. The number of imide groups is 1. The number of carboxylic acid groups (broad SMARTS) is 1. The van der Waals surface area contributed by atoms with Crippen molar-refractivity contribution in [3.05, 3.63) is 65.4 Å². The van der Waals surface area contributed by atoms with Crippen molar-refractivity contribution in [3.63, 3.8) is 0 Å². The molecule has 23 heavy (non-hydrogen) atoms. The number of nitrogens with one attached hydrogen (secondary N) is 1. The number of benzene rings is 2. The van der Waals surface area contributed by atoms with Gasteiger partial charge in [0.15, 0.2) is 0 Å². The summed E-state index contributed by atoms with van der Waals surface area (Å²) in [5.41, 5.74) is 1.67. The number of anilines is 1. The number of carbonyl (C=O) groups excluding carboxylic acids is 2. The number of aromatic carboxylic acids is 1. The molecule has 0 atom stereocenters. The van der Waals surface area contributed by atoms with E-state index in [0.717, 1.165) is 15.8 Å². The maximum absolute atomic E-state index is 12.6. The Kier molecular flexibility index (Phi) is 2.62. The van der Waals surface area contributed by atoms with Gasteiger partial charge in [0, 0.05) is 17.1 Å². The van der Waals surface area contributed by atoms with Gasteiger partial charge in [-0.15, -0.1) is 0 Å². The Bertz CT molecular complexity index is 1000. The molecule has 2 heterocycles. The molecule has 0 spiro atoms. The first-order valence-corrected chi connectivity index (χ1v) is 6.89. The Hall–Kier alpha value is -3.41. The van der Waals surface area contributed by atoms with E-state index in [1.807, 2.05) is 6.07 Å². The predicted octanol–water partition coefficient (Wildman–Crippen LogP) is 2.67. The molecule has 0 radical (unpaired) electrons. The largest absolute Gasteiger partial charge is 0.478 e. The summed E-state index contributed by atoms with van der Waals surface area (Å²) in [7, 11) is 0. The topological polar surface area (TPSA) is 90.5 Å². The molecule has 1 aromatic heterocycles. The summed E-state index contributed by atoms with van der Waals surface area (Å²) in [4.78, 5) is 40.2. The lowest BCUT2D eigenvalue weighted by atomic mass is 10.1. The lowest BCUT2D eigenvalue weighted by Gasteiger charge is -2.13. The Balaban J connectivity index is 1.83. The van der Waals surface area contributed by atoms with E-state index in [9.17, 15) is 14.4 Å². The molecule has 0 saturated heterocycles. The average molecular weight is 306 g/mol. The molecule has 112 valence electrons. The fourth-order valence-electron chi connectivity index (χ4n) is 2.79. The fourth-order valence-corrected chi connectivity index (χ4v) is 2.79. The van der Waals surface area contributed by atoms with Gasteiger partial charge in [-0.05, 0) is 42.5 Å². The number of hydrogen-bond acceptors (Lipinski definition) is 3. The Morgan fingerprint density at radius 3 is 2.52 bits per heavy atom. The summed E-state index contributed by atoms with van der Waals surface area (Å²) in [6, 6.07) is 11.0. The minimum absolute atomic E-state index is 0.0205. The van der Waals surface area contributed by atoms with Crippen LogP contribution in [0, 0.1) is 0 Å². The zero-order valence-electron chi connectivity index (χ0n) is 11.7. The van der Waals surface area contributed by atoms with Crippen LogP contribution in [0.1, 0.15) is 31.1 Å². The second kappa shape index (κ2) is 4.54. The van der Waals surface area contributed by atoms with Crippen LogP contribution >= 0.6 is 0 Å². The average Bonchev–Trinajstić information content (AvgIpc) is 3.10. The van der Waals surface area contributed by atoms with Crippen LogP contribution in [0.2, 0.25) is 0 Å². The molecule has 3 aromatic rings. The molecule has 6 nitrogen and oxygen atoms in total. The van der Waals surface area contributed by atoms with Gasteiger partial charge in [-0.1, -0.05) is 0 Å². The minimum Gasteiger partial charge on any atom is -0.478 e. The Morgan fingerprint density at radius 1 is 0.957 bits per heavy atom. The van der Waals surface area contributed by atoms with E-state index >= 15 is 0 Å². The quantitative estimate of drug-likeness (QED) is 0.712. The number of hydrogen-bond donors (Lipinski definition) is 2. The summed E-state index contributed by atoms with van der Waals surface area (Å²) >= 11 is 0. The van der Waals surface area contributed by atoms with Crippen molar-refractivity contribution in [2.75, 3.05) is 4.90 Å². The molecule has 0 fully saturated rings. The summed E-state index contributed by atoms with van der Waals surface area (Å²) in [5.74, 6) is -2.10. The molecule has 0 saturated carbocycles. The number of carboxylic acids is 1. The SMILES string of the molecule is O=C(O)c1ccc2c(c1)C(=O)N(c1ccc3[nH]ccc3c1)C2=O. The highest BCUT2D eigenvalue weighted by Gasteiger charge is 2.37. The summed E-state index contributed by atoms with van der Waals surface area (Å²) in [5, 5.41) is 9.91. The van der Waals surface area contributed by atoms with Gasteiger partial charge < -0.3 is 10.1 Å². The van der Waals surface area contributed by atoms with Gasteiger partial charge in [0.2, 0.25) is 0 Å². The van der Waals surface area contributed by atoms with Crippen LogP contribution < -0.4 is 4.90 Å². The molecule has 2 N–H and O–H groups in total. The smallest absolute Gasteiger partial charge is 0.335 e. The minimum atomic E-state index is -1.14. The number of aromatic nitrogens is 1. The van der Waals surface area contributed by atoms with Crippen LogP contribution in [0.4, 0.5) is 5.69 Å². The van der Waals surface area contributed by atoms with Crippen LogP contribution in [-0.4, -0.2) is 27.9 Å². The van der Waals surface area contributed by atoms with Gasteiger partial charge in [-0.3, -0.25) is 9.59 Å². The van der Waals surface area contributed by atoms with Crippen molar-refractivity contribution in [2.45, 2.75) is 0 Å².